The average molecular weight is 245 g/mol. The van der Waals surface area contributed by atoms with Crippen molar-refractivity contribution in [2.24, 2.45) is 5.73 Å². The normalized spacial score (nSPS) is 16.4. The third-order valence-corrected chi connectivity index (χ3v) is 2.96. The van der Waals surface area contributed by atoms with Crippen LogP contribution in [0.2, 0.25) is 0 Å². The van der Waals surface area contributed by atoms with Crippen LogP contribution in [0, 0.1) is 0 Å². The zero-order chi connectivity index (χ0) is 12.8. The molecule has 0 saturated carbocycles. The van der Waals surface area contributed by atoms with Crippen molar-refractivity contribution < 1.29 is 9.26 Å². The van der Waals surface area contributed by atoms with Crippen LogP contribution in [-0.2, 0) is 13.0 Å². The molecule has 0 saturated heterocycles. The number of aromatic nitrogens is 2. The second-order valence-corrected chi connectivity index (χ2v) is 5.08. The van der Waals surface area contributed by atoms with E-state index in [-0.39, 0.29) is 12.1 Å². The molecule has 2 N–H and O–H groups in total. The van der Waals surface area contributed by atoms with E-state index in [2.05, 4.69) is 30.1 Å². The summed E-state index contributed by atoms with van der Waals surface area (Å²) in [5.74, 6) is 1.95. The molecule has 1 aromatic heterocycles. The quantitative estimate of drug-likeness (QED) is 0.874. The zero-order valence-electron chi connectivity index (χ0n) is 10.4. The first kappa shape index (κ1) is 11.2. The van der Waals surface area contributed by atoms with E-state index in [0.29, 0.717) is 11.7 Å². The first-order chi connectivity index (χ1) is 8.57. The molecule has 1 aromatic carbocycles. The Kier molecular flexibility index (Phi) is 2.38. The largest absolute Gasteiger partial charge is 0.487 e. The van der Waals surface area contributed by atoms with Crippen LogP contribution in [0.15, 0.2) is 22.7 Å². The summed E-state index contributed by atoms with van der Waals surface area (Å²) in [5.41, 5.74) is 7.42. The minimum Gasteiger partial charge on any atom is -0.487 e. The van der Waals surface area contributed by atoms with Crippen LogP contribution in [0.25, 0.3) is 11.4 Å². The first-order valence-corrected chi connectivity index (χ1v) is 5.92. The van der Waals surface area contributed by atoms with E-state index >= 15 is 0 Å². The summed E-state index contributed by atoms with van der Waals surface area (Å²) in [6.45, 7) is 4.41. The second kappa shape index (κ2) is 3.81. The van der Waals surface area contributed by atoms with Gasteiger partial charge in [0, 0.05) is 12.0 Å². The van der Waals surface area contributed by atoms with E-state index in [1.54, 1.807) is 0 Å². The highest BCUT2D eigenvalue weighted by Crippen LogP contribution is 2.36. The number of nitrogens with two attached hydrogens (primary N) is 1. The summed E-state index contributed by atoms with van der Waals surface area (Å²) >= 11 is 0. The van der Waals surface area contributed by atoms with Crippen LogP contribution in [0.4, 0.5) is 0 Å². The lowest BCUT2D eigenvalue weighted by atomic mass is 10.00. The van der Waals surface area contributed by atoms with Crippen LogP contribution in [-0.4, -0.2) is 15.7 Å². The smallest absolute Gasteiger partial charge is 0.240 e. The maximum atomic E-state index is 5.83. The highest BCUT2D eigenvalue weighted by atomic mass is 16.5. The molecule has 0 amide bonds. The molecule has 2 heterocycles. The summed E-state index contributed by atoms with van der Waals surface area (Å²) in [6, 6.07) is 5.94. The van der Waals surface area contributed by atoms with E-state index in [1.807, 2.05) is 12.1 Å². The second-order valence-electron chi connectivity index (χ2n) is 5.08. The van der Waals surface area contributed by atoms with Crippen molar-refractivity contribution in [3.63, 3.8) is 0 Å². The Bertz CT molecular complexity index is 590. The predicted octanol–water partition coefficient (Wildman–Crippen LogP) is 1.91. The van der Waals surface area contributed by atoms with Crippen LogP contribution in [0.3, 0.4) is 0 Å². The van der Waals surface area contributed by atoms with Crippen LogP contribution in [0.5, 0.6) is 5.75 Å². The standard InChI is InChI=1S/C13H15N3O2/c1-13(2)6-9-5-8(3-4-10(9)17-13)12-15-11(7-14)18-16-12/h3-5H,6-7,14H2,1-2H3. The van der Waals surface area contributed by atoms with Crippen LogP contribution >= 0.6 is 0 Å². The Morgan fingerprint density at radius 2 is 2.22 bits per heavy atom. The summed E-state index contributed by atoms with van der Waals surface area (Å²) in [5, 5.41) is 3.91. The van der Waals surface area contributed by atoms with Gasteiger partial charge in [0.15, 0.2) is 0 Å². The molecule has 0 aliphatic carbocycles. The van der Waals surface area contributed by atoms with Gasteiger partial charge >= 0.3 is 0 Å². The van der Waals surface area contributed by atoms with Crippen molar-refractivity contribution in [3.05, 3.63) is 29.7 Å². The Labute approximate surface area is 105 Å². The lowest BCUT2D eigenvalue weighted by Gasteiger charge is -2.16. The maximum absolute atomic E-state index is 5.83. The van der Waals surface area contributed by atoms with Gasteiger partial charge < -0.3 is 15.0 Å². The van der Waals surface area contributed by atoms with Crippen molar-refractivity contribution in [2.45, 2.75) is 32.4 Å². The number of benzene rings is 1. The van der Waals surface area contributed by atoms with E-state index in [0.717, 1.165) is 17.7 Å². The molecule has 5 nitrogen and oxygen atoms in total. The lowest BCUT2D eigenvalue weighted by Crippen LogP contribution is -2.24. The van der Waals surface area contributed by atoms with Gasteiger partial charge in [0.1, 0.15) is 11.4 Å². The average Bonchev–Trinajstić information content (AvgIpc) is 2.89. The van der Waals surface area contributed by atoms with Gasteiger partial charge in [-0.3, -0.25) is 0 Å². The SMILES string of the molecule is CC1(C)Cc2cc(-c3noc(CN)n3)ccc2O1. The Hall–Kier alpha value is -1.88. The molecule has 1 aliphatic heterocycles. The fraction of sp³-hybridized carbons (Fsp3) is 0.385. The monoisotopic (exact) mass is 245 g/mol. The van der Waals surface area contributed by atoms with Crippen LogP contribution in [0.1, 0.15) is 25.3 Å². The van der Waals surface area contributed by atoms with E-state index < -0.39 is 0 Å². The Morgan fingerprint density at radius 3 is 2.94 bits per heavy atom. The predicted molar refractivity (Wildman–Crippen MR) is 66.0 cm³/mol. The fourth-order valence-corrected chi connectivity index (χ4v) is 2.20. The number of fused-ring (bicyclic) bond motifs is 1. The first-order valence-electron chi connectivity index (χ1n) is 5.92. The van der Waals surface area contributed by atoms with Crippen molar-refractivity contribution in [1.29, 1.82) is 0 Å². The van der Waals surface area contributed by atoms with E-state index in [9.17, 15) is 0 Å². The summed E-state index contributed by atoms with van der Waals surface area (Å²) in [7, 11) is 0. The maximum Gasteiger partial charge on any atom is 0.240 e. The minimum atomic E-state index is -0.138. The molecular formula is C13H15N3O2. The summed E-state index contributed by atoms with van der Waals surface area (Å²) in [4.78, 5) is 4.22. The summed E-state index contributed by atoms with van der Waals surface area (Å²) < 4.78 is 10.8. The van der Waals surface area contributed by atoms with Gasteiger partial charge in [0.25, 0.3) is 0 Å². The number of ether oxygens (including phenoxy) is 1. The van der Waals surface area contributed by atoms with E-state index in [4.69, 9.17) is 15.0 Å². The molecule has 0 fully saturated rings. The molecule has 2 aromatic rings. The molecule has 0 atom stereocenters. The molecule has 1 aliphatic rings. The fourth-order valence-electron chi connectivity index (χ4n) is 2.20. The number of hydrogen-bond donors (Lipinski definition) is 1. The van der Waals surface area contributed by atoms with Gasteiger partial charge in [-0.25, -0.2) is 0 Å². The van der Waals surface area contributed by atoms with E-state index in [1.165, 1.54) is 5.56 Å². The molecule has 18 heavy (non-hydrogen) atoms. The van der Waals surface area contributed by atoms with Gasteiger partial charge in [-0.15, -0.1) is 0 Å². The van der Waals surface area contributed by atoms with Gasteiger partial charge in [-0.05, 0) is 37.6 Å². The Balaban J connectivity index is 1.97. The van der Waals surface area contributed by atoms with Crippen molar-refractivity contribution in [2.75, 3.05) is 0 Å². The van der Waals surface area contributed by atoms with Crippen LogP contribution < -0.4 is 10.5 Å². The van der Waals surface area contributed by atoms with Gasteiger partial charge in [0.05, 0.1) is 6.54 Å². The van der Waals surface area contributed by atoms with Gasteiger partial charge in [0.2, 0.25) is 11.7 Å². The lowest BCUT2D eigenvalue weighted by molar-refractivity contribution is 0.138. The number of hydrogen-bond acceptors (Lipinski definition) is 5. The highest BCUT2D eigenvalue weighted by Gasteiger charge is 2.30. The molecule has 0 spiro atoms. The van der Waals surface area contributed by atoms with Crippen molar-refractivity contribution >= 4 is 0 Å². The van der Waals surface area contributed by atoms with Crippen molar-refractivity contribution in [3.8, 4) is 17.1 Å². The molecule has 0 bridgehead atoms. The topological polar surface area (TPSA) is 74.2 Å². The zero-order valence-corrected chi connectivity index (χ0v) is 10.4. The molecule has 5 heteroatoms. The molecular weight excluding hydrogens is 230 g/mol. The molecule has 0 radical (unpaired) electrons. The molecule has 3 rings (SSSR count). The van der Waals surface area contributed by atoms with Crippen molar-refractivity contribution in [1.82, 2.24) is 10.1 Å². The minimum absolute atomic E-state index is 0.138. The van der Waals surface area contributed by atoms with Gasteiger partial charge in [-0.2, -0.15) is 4.98 Å². The highest BCUT2D eigenvalue weighted by molar-refractivity contribution is 5.59. The third-order valence-electron chi connectivity index (χ3n) is 2.96. The Morgan fingerprint density at radius 1 is 1.39 bits per heavy atom. The molecule has 0 unspecified atom stereocenters. The molecule has 94 valence electrons. The summed E-state index contributed by atoms with van der Waals surface area (Å²) in [6.07, 6.45) is 0.887. The van der Waals surface area contributed by atoms with Gasteiger partial charge in [-0.1, -0.05) is 5.16 Å². The number of nitrogens with zero attached hydrogens (tertiary/aromatic N) is 2. The number of rotatable bonds is 2. The third kappa shape index (κ3) is 1.86.